The minimum atomic E-state index is -0.603. The van der Waals surface area contributed by atoms with Crippen molar-refractivity contribution in [2.45, 2.75) is 6.61 Å². The summed E-state index contributed by atoms with van der Waals surface area (Å²) in [4.78, 5) is 25.2. The number of halogens is 3. The minimum absolute atomic E-state index is 0.0163. The fraction of sp³-hybridized carbons (Fsp3) is 0.0323. The van der Waals surface area contributed by atoms with E-state index in [2.05, 4.69) is 0 Å². The molecule has 0 aliphatic rings. The number of rotatable bonds is 8. The van der Waals surface area contributed by atoms with Gasteiger partial charge in [-0.05, 0) is 60.2 Å². The maximum absolute atomic E-state index is 12.8. The van der Waals surface area contributed by atoms with Crippen LogP contribution < -0.4 is 19.6 Å². The summed E-state index contributed by atoms with van der Waals surface area (Å²) in [5, 5.41) is 1.69. The molecule has 0 saturated carbocycles. The van der Waals surface area contributed by atoms with Crippen LogP contribution in [0.3, 0.4) is 0 Å². The van der Waals surface area contributed by atoms with Gasteiger partial charge in [0, 0.05) is 27.8 Å². The Morgan fingerprint density at radius 2 is 1.50 bits per heavy atom. The molecule has 0 saturated heterocycles. The second kappa shape index (κ2) is 12.3. The molecule has 0 radical (unpaired) electrons. The Morgan fingerprint density at radius 1 is 0.800 bits per heavy atom. The molecule has 0 unspecified atom stereocenters. The Balaban J connectivity index is 1.20. The van der Waals surface area contributed by atoms with Crippen molar-refractivity contribution in [1.82, 2.24) is 0 Å². The van der Waals surface area contributed by atoms with Gasteiger partial charge in [-0.1, -0.05) is 65.1 Å². The summed E-state index contributed by atoms with van der Waals surface area (Å²) in [7, 11) is 0. The quantitative estimate of drug-likeness (QED) is 0.102. The van der Waals surface area contributed by atoms with Gasteiger partial charge in [0.2, 0.25) is 11.2 Å². The monoisotopic (exact) mass is 592 g/mol. The van der Waals surface area contributed by atoms with Crippen LogP contribution in [0.15, 0.2) is 106 Å². The third kappa shape index (κ3) is 6.49. The van der Waals surface area contributed by atoms with Crippen LogP contribution in [0.25, 0.3) is 17.0 Å². The highest BCUT2D eigenvalue weighted by Crippen LogP contribution is 2.29. The Bertz CT molecular complexity index is 1760. The predicted octanol–water partition coefficient (Wildman–Crippen LogP) is 8.74. The van der Waals surface area contributed by atoms with E-state index in [1.807, 2.05) is 0 Å². The highest BCUT2D eigenvalue weighted by molar-refractivity contribution is 6.36. The molecule has 0 aliphatic heterocycles. The number of benzene rings is 4. The molecule has 0 bridgehead atoms. The molecule has 200 valence electrons. The van der Waals surface area contributed by atoms with Gasteiger partial charge in [0.05, 0.1) is 10.4 Å². The lowest BCUT2D eigenvalue weighted by molar-refractivity contribution is -0.128. The van der Waals surface area contributed by atoms with Crippen molar-refractivity contribution in [3.05, 3.63) is 134 Å². The van der Waals surface area contributed by atoms with Crippen LogP contribution in [-0.2, 0) is 11.4 Å². The topological polar surface area (TPSA) is 75.0 Å². The molecule has 1 heterocycles. The van der Waals surface area contributed by atoms with E-state index in [0.29, 0.717) is 32.1 Å². The zero-order valence-corrected chi connectivity index (χ0v) is 22.9. The van der Waals surface area contributed by atoms with Crippen LogP contribution in [0.2, 0.25) is 15.1 Å². The van der Waals surface area contributed by atoms with Gasteiger partial charge in [0.15, 0.2) is 0 Å². The maximum atomic E-state index is 12.8. The summed E-state index contributed by atoms with van der Waals surface area (Å²) in [6.07, 6.45) is 4.09. The third-order valence-corrected chi connectivity index (χ3v) is 6.75. The van der Waals surface area contributed by atoms with Crippen LogP contribution in [-0.4, -0.2) is 5.97 Å². The molecule has 0 aliphatic carbocycles. The molecule has 0 fully saturated rings. The lowest BCUT2D eigenvalue weighted by atomic mass is 10.2. The second-order valence-electron chi connectivity index (χ2n) is 8.43. The Morgan fingerprint density at radius 3 is 2.25 bits per heavy atom. The summed E-state index contributed by atoms with van der Waals surface area (Å²) < 4.78 is 22.3. The molecular weight excluding hydrogens is 575 g/mol. The minimum Gasteiger partial charge on any atom is -0.489 e. The fourth-order valence-electron chi connectivity index (χ4n) is 3.69. The van der Waals surface area contributed by atoms with Crippen molar-refractivity contribution in [1.29, 1.82) is 0 Å². The fourth-order valence-corrected chi connectivity index (χ4v) is 4.37. The number of hydrogen-bond acceptors (Lipinski definition) is 6. The van der Waals surface area contributed by atoms with E-state index in [9.17, 15) is 9.59 Å². The third-order valence-electron chi connectivity index (χ3n) is 5.73. The van der Waals surface area contributed by atoms with Crippen molar-refractivity contribution >= 4 is 57.8 Å². The van der Waals surface area contributed by atoms with E-state index >= 15 is 0 Å². The Labute approximate surface area is 243 Å². The first kappa shape index (κ1) is 27.3. The summed E-state index contributed by atoms with van der Waals surface area (Å²) in [6, 6.07) is 23.6. The summed E-state index contributed by atoms with van der Waals surface area (Å²) >= 11 is 18.5. The highest BCUT2D eigenvalue weighted by atomic mass is 35.5. The van der Waals surface area contributed by atoms with Crippen LogP contribution in [0.5, 0.6) is 23.0 Å². The molecule has 4 aromatic carbocycles. The first-order chi connectivity index (χ1) is 19.4. The summed E-state index contributed by atoms with van der Waals surface area (Å²) in [5.41, 5.74) is 1.31. The highest BCUT2D eigenvalue weighted by Gasteiger charge is 2.13. The van der Waals surface area contributed by atoms with Gasteiger partial charge in [0.1, 0.15) is 35.7 Å². The summed E-state index contributed by atoms with van der Waals surface area (Å²) in [6.45, 7) is 0.224. The first-order valence-corrected chi connectivity index (χ1v) is 13.0. The van der Waals surface area contributed by atoms with Crippen molar-refractivity contribution < 1.29 is 23.4 Å². The van der Waals surface area contributed by atoms with E-state index < -0.39 is 5.97 Å². The van der Waals surface area contributed by atoms with Crippen LogP contribution in [0.4, 0.5) is 0 Å². The zero-order chi connectivity index (χ0) is 28.1. The molecule has 0 N–H and O–H groups in total. The van der Waals surface area contributed by atoms with Crippen molar-refractivity contribution in [3.8, 4) is 23.0 Å². The average Bonchev–Trinajstić information content (AvgIpc) is 2.95. The van der Waals surface area contributed by atoms with E-state index in [-0.39, 0.29) is 34.5 Å². The van der Waals surface area contributed by atoms with Crippen molar-refractivity contribution in [2.75, 3.05) is 0 Å². The second-order valence-corrected chi connectivity index (χ2v) is 9.65. The number of para-hydroxylation sites is 1. The SMILES string of the molecule is O=C(/C=C/c1ccc(OCc2c(Cl)cccc2Cl)cc1)Oc1ccc2c(=O)c(Oc3ccccc3Cl)coc2c1. The first-order valence-electron chi connectivity index (χ1n) is 11.9. The number of fused-ring (bicyclic) bond motifs is 1. The lowest BCUT2D eigenvalue weighted by Gasteiger charge is -2.09. The van der Waals surface area contributed by atoms with Gasteiger partial charge in [-0.25, -0.2) is 4.79 Å². The zero-order valence-electron chi connectivity index (χ0n) is 20.6. The molecule has 40 heavy (non-hydrogen) atoms. The standard InChI is InChI=1S/C31H19Cl3O6/c32-24-5-3-6-25(33)23(24)17-37-20-11-8-19(9-12-20)10-15-30(35)39-21-13-14-22-28(16-21)38-18-29(31(22)36)40-27-7-2-1-4-26(27)34/h1-16,18H,17H2/b15-10+. The van der Waals surface area contributed by atoms with Gasteiger partial charge in [0.25, 0.3) is 0 Å². The molecule has 9 heteroatoms. The molecule has 0 amide bonds. The number of carbonyl (C=O) groups excluding carboxylic acids is 1. The number of hydrogen-bond donors (Lipinski definition) is 0. The number of esters is 1. The average molecular weight is 594 g/mol. The van der Waals surface area contributed by atoms with E-state index in [1.54, 1.807) is 72.8 Å². The van der Waals surface area contributed by atoms with Gasteiger partial charge in [-0.15, -0.1) is 0 Å². The number of carbonyl (C=O) groups is 1. The molecule has 5 aromatic rings. The van der Waals surface area contributed by atoms with E-state index in [0.717, 1.165) is 5.56 Å². The predicted molar refractivity (Wildman–Crippen MR) is 156 cm³/mol. The maximum Gasteiger partial charge on any atom is 0.336 e. The lowest BCUT2D eigenvalue weighted by Crippen LogP contribution is -2.06. The van der Waals surface area contributed by atoms with Crippen LogP contribution >= 0.6 is 34.8 Å². The Kier molecular flexibility index (Phi) is 8.41. The smallest absolute Gasteiger partial charge is 0.336 e. The summed E-state index contributed by atoms with van der Waals surface area (Å²) in [5.74, 6) is 0.546. The molecular formula is C31H19Cl3O6. The number of ether oxygens (including phenoxy) is 3. The van der Waals surface area contributed by atoms with Crippen LogP contribution in [0, 0.1) is 0 Å². The van der Waals surface area contributed by atoms with Gasteiger partial charge in [-0.3, -0.25) is 4.79 Å². The van der Waals surface area contributed by atoms with Crippen molar-refractivity contribution in [2.24, 2.45) is 0 Å². The van der Waals surface area contributed by atoms with Gasteiger partial charge in [-0.2, -0.15) is 0 Å². The molecule has 6 nitrogen and oxygen atoms in total. The van der Waals surface area contributed by atoms with Gasteiger partial charge < -0.3 is 18.6 Å². The van der Waals surface area contributed by atoms with Crippen molar-refractivity contribution in [3.63, 3.8) is 0 Å². The Hall–Kier alpha value is -4.23. The van der Waals surface area contributed by atoms with E-state index in [4.69, 9.17) is 53.4 Å². The largest absolute Gasteiger partial charge is 0.489 e. The molecule has 5 rings (SSSR count). The molecule has 0 spiro atoms. The van der Waals surface area contributed by atoms with E-state index in [1.165, 1.54) is 30.5 Å². The normalized spacial score (nSPS) is 11.1. The van der Waals surface area contributed by atoms with Gasteiger partial charge >= 0.3 is 5.97 Å². The molecule has 0 atom stereocenters. The molecule has 1 aromatic heterocycles. The van der Waals surface area contributed by atoms with Crippen LogP contribution in [0.1, 0.15) is 11.1 Å².